The normalized spacial score (nSPS) is 25.3. The number of anilines is 1. The summed E-state index contributed by atoms with van der Waals surface area (Å²) in [6.45, 7) is 4.87. The Balaban J connectivity index is 1.42. The van der Waals surface area contributed by atoms with Crippen molar-refractivity contribution in [1.29, 1.82) is 0 Å². The molecule has 3 aromatic rings. The number of benzene rings is 1. The molecule has 5 rings (SSSR count). The van der Waals surface area contributed by atoms with Crippen molar-refractivity contribution in [3.8, 4) is 0 Å². The van der Waals surface area contributed by atoms with E-state index in [2.05, 4.69) is 33.2 Å². The van der Waals surface area contributed by atoms with Gasteiger partial charge < -0.3 is 24.5 Å². The van der Waals surface area contributed by atoms with Crippen LogP contribution in [0.15, 0.2) is 54.6 Å². The number of imidazole rings is 1. The van der Waals surface area contributed by atoms with Gasteiger partial charge in [-0.15, -0.1) is 0 Å². The summed E-state index contributed by atoms with van der Waals surface area (Å²) < 4.78 is 20.4. The molecular formula is C21H23N5O3. The van der Waals surface area contributed by atoms with Crippen LogP contribution >= 0.6 is 0 Å². The molecule has 1 fully saturated rings. The van der Waals surface area contributed by atoms with Crippen molar-refractivity contribution in [2.75, 3.05) is 12.3 Å². The molecule has 3 heterocycles. The molecule has 8 nitrogen and oxygen atoms in total. The lowest BCUT2D eigenvalue weighted by molar-refractivity contribution is -0.148. The van der Waals surface area contributed by atoms with Crippen molar-refractivity contribution in [3.63, 3.8) is 0 Å². The Kier molecular flexibility index (Phi) is 4.34. The van der Waals surface area contributed by atoms with Gasteiger partial charge in [0.1, 0.15) is 24.1 Å². The summed E-state index contributed by atoms with van der Waals surface area (Å²) in [4.78, 5) is 12.8. The number of rotatable bonds is 5. The Morgan fingerprint density at radius 2 is 1.93 bits per heavy atom. The Morgan fingerprint density at radius 3 is 2.76 bits per heavy atom. The van der Waals surface area contributed by atoms with Crippen LogP contribution in [0.25, 0.3) is 11.2 Å². The van der Waals surface area contributed by atoms with E-state index in [0.29, 0.717) is 30.2 Å². The van der Waals surface area contributed by atoms with Gasteiger partial charge in [0.25, 0.3) is 0 Å². The zero-order valence-electron chi connectivity index (χ0n) is 16.4. The number of fused-ring (bicyclic) bond motifs is 2. The van der Waals surface area contributed by atoms with E-state index >= 15 is 0 Å². The minimum absolute atomic E-state index is 0.114. The van der Waals surface area contributed by atoms with Gasteiger partial charge >= 0.3 is 0 Å². The summed E-state index contributed by atoms with van der Waals surface area (Å²) in [6, 6.07) is 10.00. The number of nitrogens with zero attached hydrogens (tertiary/aromatic N) is 4. The predicted octanol–water partition coefficient (Wildman–Crippen LogP) is 2.63. The van der Waals surface area contributed by atoms with E-state index in [-0.39, 0.29) is 18.2 Å². The van der Waals surface area contributed by atoms with Crippen LogP contribution in [0.4, 0.5) is 5.82 Å². The highest BCUT2D eigenvalue weighted by molar-refractivity contribution is 5.81. The summed E-state index contributed by atoms with van der Waals surface area (Å²) in [5.74, 6) is -0.306. The van der Waals surface area contributed by atoms with Gasteiger partial charge in [-0.3, -0.25) is 0 Å². The van der Waals surface area contributed by atoms with Crippen LogP contribution in [0.3, 0.4) is 0 Å². The largest absolute Gasteiger partial charge is 0.382 e. The van der Waals surface area contributed by atoms with Gasteiger partial charge in [-0.2, -0.15) is 0 Å². The first-order valence-electron chi connectivity index (χ1n) is 9.63. The average molecular weight is 393 g/mol. The van der Waals surface area contributed by atoms with Gasteiger partial charge in [0, 0.05) is 0 Å². The quantitative estimate of drug-likeness (QED) is 0.666. The average Bonchev–Trinajstić information content (AvgIpc) is 3.35. The van der Waals surface area contributed by atoms with Crippen LogP contribution in [0.5, 0.6) is 0 Å². The SMILES string of the molecule is CC1(C)O[C@@H]2[C@H](O1)C(COCc1ccccc1)=C[C@H]2n1cnc2c(N)ncnc21. The molecule has 1 aliphatic carbocycles. The Hall–Kier alpha value is -2.81. The molecule has 8 heteroatoms. The first-order valence-corrected chi connectivity index (χ1v) is 9.63. The van der Waals surface area contributed by atoms with Crippen LogP contribution in [-0.4, -0.2) is 44.1 Å². The first-order chi connectivity index (χ1) is 14.0. The molecule has 1 aliphatic heterocycles. The van der Waals surface area contributed by atoms with Gasteiger partial charge in [-0.1, -0.05) is 36.4 Å². The predicted molar refractivity (Wildman–Crippen MR) is 107 cm³/mol. The lowest BCUT2D eigenvalue weighted by atomic mass is 10.1. The molecule has 2 aliphatic rings. The first kappa shape index (κ1) is 18.2. The molecule has 0 amide bonds. The maximum atomic E-state index is 6.23. The van der Waals surface area contributed by atoms with Crippen molar-refractivity contribution in [2.45, 2.75) is 44.5 Å². The van der Waals surface area contributed by atoms with Crippen LogP contribution in [0.2, 0.25) is 0 Å². The lowest BCUT2D eigenvalue weighted by Gasteiger charge is -2.21. The zero-order valence-corrected chi connectivity index (χ0v) is 16.4. The number of hydrogen-bond acceptors (Lipinski definition) is 7. The van der Waals surface area contributed by atoms with Crippen LogP contribution in [0, 0.1) is 0 Å². The number of nitrogens with two attached hydrogens (primary N) is 1. The molecule has 2 aromatic heterocycles. The Labute approximate surface area is 168 Å². The second-order valence-corrected chi connectivity index (χ2v) is 7.81. The standard InChI is InChI=1S/C21H23N5O3/c1-21(2)28-17-14(10-27-9-13-6-4-3-5-7-13)8-15(18(17)29-21)26-12-25-16-19(22)23-11-24-20(16)26/h3-8,11-12,15,17-18H,9-10H2,1-2H3,(H2,22,23,24)/t15-,17-,18+/m1/s1. The number of aromatic nitrogens is 4. The van der Waals surface area contributed by atoms with E-state index in [9.17, 15) is 0 Å². The summed E-state index contributed by atoms with van der Waals surface area (Å²) in [5.41, 5.74) is 9.41. The molecule has 0 spiro atoms. The molecule has 150 valence electrons. The highest BCUT2D eigenvalue weighted by Gasteiger charge is 2.50. The minimum Gasteiger partial charge on any atom is -0.382 e. The minimum atomic E-state index is -0.670. The van der Waals surface area contributed by atoms with Crippen molar-refractivity contribution in [2.24, 2.45) is 0 Å². The maximum absolute atomic E-state index is 6.23. The Morgan fingerprint density at radius 1 is 1.10 bits per heavy atom. The van der Waals surface area contributed by atoms with Gasteiger partial charge in [0.2, 0.25) is 0 Å². The Bertz CT molecular complexity index is 1060. The van der Waals surface area contributed by atoms with E-state index in [1.54, 1.807) is 6.33 Å². The highest BCUT2D eigenvalue weighted by Crippen LogP contribution is 2.44. The monoisotopic (exact) mass is 393 g/mol. The summed E-state index contributed by atoms with van der Waals surface area (Å²) in [5, 5.41) is 0. The number of hydrogen-bond donors (Lipinski definition) is 1. The van der Waals surface area contributed by atoms with Crippen molar-refractivity contribution in [1.82, 2.24) is 19.5 Å². The fraction of sp³-hybridized carbons (Fsp3) is 0.381. The third-order valence-electron chi connectivity index (χ3n) is 5.30. The number of ether oxygens (including phenoxy) is 3. The topological polar surface area (TPSA) is 97.3 Å². The second kappa shape index (κ2) is 6.91. The summed E-state index contributed by atoms with van der Waals surface area (Å²) in [7, 11) is 0. The molecular weight excluding hydrogens is 370 g/mol. The van der Waals surface area contributed by atoms with Crippen LogP contribution in [-0.2, 0) is 20.8 Å². The molecule has 29 heavy (non-hydrogen) atoms. The van der Waals surface area contributed by atoms with Crippen LogP contribution < -0.4 is 5.73 Å². The van der Waals surface area contributed by atoms with Gasteiger partial charge in [0.15, 0.2) is 17.3 Å². The van der Waals surface area contributed by atoms with Gasteiger partial charge in [0.05, 0.1) is 25.6 Å². The molecule has 0 saturated carbocycles. The second-order valence-electron chi connectivity index (χ2n) is 7.81. The third-order valence-corrected chi connectivity index (χ3v) is 5.30. The van der Waals surface area contributed by atoms with E-state index in [4.69, 9.17) is 19.9 Å². The molecule has 0 radical (unpaired) electrons. The fourth-order valence-corrected chi connectivity index (χ4v) is 4.05. The van der Waals surface area contributed by atoms with Crippen molar-refractivity contribution in [3.05, 3.63) is 60.2 Å². The number of nitrogen functional groups attached to an aromatic ring is 1. The smallest absolute Gasteiger partial charge is 0.166 e. The maximum Gasteiger partial charge on any atom is 0.166 e. The van der Waals surface area contributed by atoms with Crippen LogP contribution in [0.1, 0.15) is 25.5 Å². The fourth-order valence-electron chi connectivity index (χ4n) is 4.05. The molecule has 0 bridgehead atoms. The summed E-state index contributed by atoms with van der Waals surface area (Å²) >= 11 is 0. The van der Waals surface area contributed by atoms with Crippen molar-refractivity contribution < 1.29 is 14.2 Å². The molecule has 2 N–H and O–H groups in total. The van der Waals surface area contributed by atoms with Gasteiger partial charge in [-0.05, 0) is 25.0 Å². The highest BCUT2D eigenvalue weighted by atomic mass is 16.8. The lowest BCUT2D eigenvalue weighted by Crippen LogP contribution is -2.28. The van der Waals surface area contributed by atoms with E-state index < -0.39 is 5.79 Å². The van der Waals surface area contributed by atoms with Gasteiger partial charge in [-0.25, -0.2) is 15.0 Å². The van der Waals surface area contributed by atoms with Crippen molar-refractivity contribution >= 4 is 17.0 Å². The molecule has 1 saturated heterocycles. The molecule has 1 aromatic carbocycles. The van der Waals surface area contributed by atoms with E-state index in [1.807, 2.05) is 36.6 Å². The third kappa shape index (κ3) is 3.29. The van der Waals surface area contributed by atoms with E-state index in [0.717, 1.165) is 11.1 Å². The molecule has 3 atom stereocenters. The summed E-state index contributed by atoms with van der Waals surface area (Å²) in [6.07, 6.45) is 4.95. The molecule has 0 unspecified atom stereocenters. The van der Waals surface area contributed by atoms with E-state index in [1.165, 1.54) is 6.33 Å². The zero-order chi connectivity index (χ0) is 20.0.